The van der Waals surface area contributed by atoms with E-state index in [0.29, 0.717) is 22.3 Å². The number of nitrogens with two attached hydrogens (primary N) is 1. The van der Waals surface area contributed by atoms with Gasteiger partial charge in [-0.2, -0.15) is 0 Å². The van der Waals surface area contributed by atoms with Crippen molar-refractivity contribution in [1.29, 1.82) is 0 Å². The number of hydrogen-bond acceptors (Lipinski definition) is 2. The van der Waals surface area contributed by atoms with Crippen LogP contribution in [-0.4, -0.2) is 12.5 Å². The maximum absolute atomic E-state index is 10.8. The molecule has 0 aromatic heterocycles. The third kappa shape index (κ3) is 3.27. The summed E-state index contributed by atoms with van der Waals surface area (Å²) in [5, 5.41) is 3.89. The van der Waals surface area contributed by atoms with Gasteiger partial charge in [-0.15, -0.1) is 0 Å². The Morgan fingerprint density at radius 2 is 2.12 bits per heavy atom. The summed E-state index contributed by atoms with van der Waals surface area (Å²) in [6.07, 6.45) is 0. The van der Waals surface area contributed by atoms with Crippen molar-refractivity contribution in [3.05, 3.63) is 26.7 Å². The largest absolute Gasteiger partial charge is 0.383 e. The second-order valence-corrected chi connectivity index (χ2v) is 5.02. The molecule has 0 spiro atoms. The van der Waals surface area contributed by atoms with Crippen LogP contribution in [0.25, 0.3) is 0 Å². The van der Waals surface area contributed by atoms with Crippen molar-refractivity contribution in [3.8, 4) is 0 Å². The minimum atomic E-state index is -0.355. The Morgan fingerprint density at radius 1 is 1.50 bits per heavy atom. The van der Waals surface area contributed by atoms with Gasteiger partial charge < -0.3 is 11.1 Å². The highest BCUT2D eigenvalue weighted by Crippen LogP contribution is 2.35. The second-order valence-electron chi connectivity index (χ2n) is 3.41. The third-order valence-corrected chi connectivity index (χ3v) is 3.89. The highest BCUT2D eigenvalue weighted by molar-refractivity contribution is 9.10. The third-order valence-electron chi connectivity index (χ3n) is 2.12. The lowest BCUT2D eigenvalue weighted by molar-refractivity contribution is -0.120. The standard InChI is InChI=1S/C10H11BrCl2N2O/c1-5(10(14)16)4-15-7-3-2-6(11)8(12)9(7)13/h2-3,5,15H,4H2,1H3,(H2,14,16). The van der Waals surface area contributed by atoms with Crippen LogP contribution in [0.5, 0.6) is 0 Å². The monoisotopic (exact) mass is 324 g/mol. The van der Waals surface area contributed by atoms with Gasteiger partial charge in [0.25, 0.3) is 0 Å². The van der Waals surface area contributed by atoms with E-state index in [4.69, 9.17) is 28.9 Å². The van der Waals surface area contributed by atoms with E-state index in [0.717, 1.165) is 4.47 Å². The molecular weight excluding hydrogens is 315 g/mol. The second kappa shape index (κ2) is 5.75. The molecule has 0 fully saturated rings. The highest BCUT2D eigenvalue weighted by Gasteiger charge is 2.11. The average Bonchev–Trinajstić information content (AvgIpc) is 2.24. The van der Waals surface area contributed by atoms with Crippen molar-refractivity contribution in [2.75, 3.05) is 11.9 Å². The van der Waals surface area contributed by atoms with Gasteiger partial charge in [0, 0.05) is 11.0 Å². The van der Waals surface area contributed by atoms with Gasteiger partial charge in [0.15, 0.2) is 0 Å². The van der Waals surface area contributed by atoms with Gasteiger partial charge in [0.05, 0.1) is 21.7 Å². The molecule has 16 heavy (non-hydrogen) atoms. The first-order valence-electron chi connectivity index (χ1n) is 4.60. The van der Waals surface area contributed by atoms with Gasteiger partial charge in [-0.05, 0) is 28.1 Å². The van der Waals surface area contributed by atoms with Crippen LogP contribution in [0.1, 0.15) is 6.92 Å². The number of primary amides is 1. The molecule has 1 atom stereocenters. The van der Waals surface area contributed by atoms with E-state index < -0.39 is 0 Å². The molecule has 3 nitrogen and oxygen atoms in total. The van der Waals surface area contributed by atoms with Gasteiger partial charge in [0.2, 0.25) is 5.91 Å². The summed E-state index contributed by atoms with van der Waals surface area (Å²) in [5.74, 6) is -0.620. The molecule has 0 aliphatic rings. The number of hydrogen-bond donors (Lipinski definition) is 2. The lowest BCUT2D eigenvalue weighted by atomic mass is 10.1. The van der Waals surface area contributed by atoms with Crippen LogP contribution in [0.3, 0.4) is 0 Å². The van der Waals surface area contributed by atoms with Crippen molar-refractivity contribution >= 4 is 50.7 Å². The number of halogens is 3. The summed E-state index contributed by atoms with van der Waals surface area (Å²) in [7, 11) is 0. The smallest absolute Gasteiger partial charge is 0.222 e. The molecule has 0 heterocycles. The molecule has 88 valence electrons. The molecule has 0 bridgehead atoms. The SMILES string of the molecule is CC(CNc1ccc(Br)c(Cl)c1Cl)C(N)=O. The molecule has 1 rings (SSSR count). The number of carbonyl (C=O) groups excluding carboxylic acids is 1. The van der Waals surface area contributed by atoms with Crippen molar-refractivity contribution in [3.63, 3.8) is 0 Å². The molecule has 0 saturated carbocycles. The molecule has 1 aromatic rings. The van der Waals surface area contributed by atoms with Gasteiger partial charge in [-0.1, -0.05) is 30.1 Å². The fourth-order valence-electron chi connectivity index (χ4n) is 1.03. The van der Waals surface area contributed by atoms with Crippen molar-refractivity contribution < 1.29 is 4.79 Å². The van der Waals surface area contributed by atoms with E-state index in [1.165, 1.54) is 0 Å². The summed E-state index contributed by atoms with van der Waals surface area (Å²) in [6.45, 7) is 2.16. The van der Waals surface area contributed by atoms with Crippen LogP contribution in [0.4, 0.5) is 5.69 Å². The molecule has 0 aliphatic carbocycles. The lowest BCUT2D eigenvalue weighted by Crippen LogP contribution is -2.26. The average molecular weight is 326 g/mol. The van der Waals surface area contributed by atoms with E-state index in [9.17, 15) is 4.79 Å². The molecule has 1 unspecified atom stereocenters. The first-order valence-corrected chi connectivity index (χ1v) is 6.15. The molecule has 3 N–H and O–H groups in total. The molecule has 1 aromatic carbocycles. The van der Waals surface area contributed by atoms with Crippen LogP contribution < -0.4 is 11.1 Å². The van der Waals surface area contributed by atoms with E-state index in [1.807, 2.05) is 0 Å². The zero-order chi connectivity index (χ0) is 12.3. The fourth-order valence-corrected chi connectivity index (χ4v) is 1.87. The number of amides is 1. The van der Waals surface area contributed by atoms with Crippen LogP contribution in [0, 0.1) is 5.92 Å². The van der Waals surface area contributed by atoms with E-state index in [2.05, 4.69) is 21.2 Å². The zero-order valence-electron chi connectivity index (χ0n) is 8.56. The van der Waals surface area contributed by atoms with Gasteiger partial charge >= 0.3 is 0 Å². The normalized spacial score (nSPS) is 12.2. The summed E-state index contributed by atoms with van der Waals surface area (Å²) in [6, 6.07) is 3.57. The molecule has 0 radical (unpaired) electrons. The topological polar surface area (TPSA) is 55.1 Å². The maximum Gasteiger partial charge on any atom is 0.222 e. The highest BCUT2D eigenvalue weighted by atomic mass is 79.9. The van der Waals surface area contributed by atoms with E-state index in [1.54, 1.807) is 19.1 Å². The fraction of sp³-hybridized carbons (Fsp3) is 0.300. The Morgan fingerprint density at radius 3 is 2.69 bits per heavy atom. The predicted molar refractivity (Wildman–Crippen MR) is 71.0 cm³/mol. The summed E-state index contributed by atoms with van der Waals surface area (Å²) >= 11 is 15.2. The first kappa shape index (κ1) is 13.6. The van der Waals surface area contributed by atoms with Gasteiger partial charge in [0.1, 0.15) is 0 Å². The first-order chi connectivity index (χ1) is 7.43. The molecule has 0 aliphatic heterocycles. The Labute approximate surface area is 112 Å². The Bertz CT molecular complexity index is 412. The molecule has 1 amide bonds. The van der Waals surface area contributed by atoms with Crippen LogP contribution in [-0.2, 0) is 4.79 Å². The number of nitrogens with one attached hydrogen (secondary N) is 1. The Kier molecular flexibility index (Phi) is 4.89. The number of anilines is 1. The maximum atomic E-state index is 10.8. The van der Waals surface area contributed by atoms with Gasteiger partial charge in [-0.25, -0.2) is 0 Å². The Balaban J connectivity index is 2.75. The predicted octanol–water partition coefficient (Wildman–Crippen LogP) is 3.29. The molecular formula is C10H11BrCl2N2O. The van der Waals surface area contributed by atoms with Crippen LogP contribution in [0.2, 0.25) is 10.0 Å². The molecule has 6 heteroatoms. The number of rotatable bonds is 4. The van der Waals surface area contributed by atoms with Crippen LogP contribution >= 0.6 is 39.1 Å². The summed E-state index contributed by atoms with van der Waals surface area (Å²) < 4.78 is 0.729. The van der Waals surface area contributed by atoms with Crippen molar-refractivity contribution in [2.24, 2.45) is 11.7 Å². The number of benzene rings is 1. The van der Waals surface area contributed by atoms with Crippen molar-refractivity contribution in [1.82, 2.24) is 0 Å². The summed E-state index contributed by atoms with van der Waals surface area (Å²) in [4.78, 5) is 10.8. The minimum absolute atomic E-state index is 0.265. The van der Waals surface area contributed by atoms with E-state index in [-0.39, 0.29) is 11.8 Å². The lowest BCUT2D eigenvalue weighted by Gasteiger charge is -2.12. The van der Waals surface area contributed by atoms with Crippen molar-refractivity contribution in [2.45, 2.75) is 6.92 Å². The zero-order valence-corrected chi connectivity index (χ0v) is 11.7. The quantitative estimate of drug-likeness (QED) is 0.835. The number of carbonyl (C=O) groups is 1. The van der Waals surface area contributed by atoms with Gasteiger partial charge in [-0.3, -0.25) is 4.79 Å². The van der Waals surface area contributed by atoms with E-state index >= 15 is 0 Å². The molecule has 0 saturated heterocycles. The Hall–Kier alpha value is -0.450. The summed E-state index contributed by atoms with van der Waals surface area (Å²) in [5.41, 5.74) is 5.83. The van der Waals surface area contributed by atoms with Crippen LogP contribution in [0.15, 0.2) is 16.6 Å². The minimum Gasteiger partial charge on any atom is -0.383 e.